The number of rotatable bonds is 5. The fraction of sp³-hybridized carbons (Fsp3) is 0.105. The summed E-state index contributed by atoms with van der Waals surface area (Å²) in [5.74, 6) is 0.586. The maximum absolute atomic E-state index is 12.2. The van der Waals surface area contributed by atoms with Gasteiger partial charge in [-0.25, -0.2) is 4.98 Å². The van der Waals surface area contributed by atoms with Crippen LogP contribution in [0.3, 0.4) is 0 Å². The lowest BCUT2D eigenvalue weighted by atomic mass is 10.2. The van der Waals surface area contributed by atoms with Crippen molar-refractivity contribution in [1.82, 2.24) is 4.98 Å². The molecule has 0 bridgehead atoms. The Morgan fingerprint density at radius 2 is 2.08 bits per heavy atom. The van der Waals surface area contributed by atoms with E-state index >= 15 is 0 Å². The Morgan fingerprint density at radius 3 is 2.73 bits per heavy atom. The van der Waals surface area contributed by atoms with Crippen molar-refractivity contribution in [1.29, 1.82) is 5.26 Å². The predicted molar refractivity (Wildman–Crippen MR) is 103 cm³/mol. The fourth-order valence-electron chi connectivity index (χ4n) is 2.31. The highest BCUT2D eigenvalue weighted by molar-refractivity contribution is 7.13. The summed E-state index contributed by atoms with van der Waals surface area (Å²) in [6.07, 6.45) is 0.157. The minimum absolute atomic E-state index is 0.157. The Hall–Kier alpha value is -2.88. The second kappa shape index (κ2) is 8.00. The third-order valence-electron chi connectivity index (χ3n) is 3.60. The topological polar surface area (TPSA) is 75.0 Å². The highest BCUT2D eigenvalue weighted by atomic mass is 35.5. The van der Waals surface area contributed by atoms with Crippen LogP contribution in [0.2, 0.25) is 5.02 Å². The molecule has 5 nitrogen and oxygen atoms in total. The van der Waals surface area contributed by atoms with E-state index in [-0.39, 0.29) is 12.3 Å². The Kier molecular flexibility index (Phi) is 5.52. The van der Waals surface area contributed by atoms with E-state index in [2.05, 4.69) is 10.3 Å². The molecule has 3 aromatic rings. The second-order valence-corrected chi connectivity index (χ2v) is 6.67. The van der Waals surface area contributed by atoms with Crippen LogP contribution >= 0.6 is 22.9 Å². The van der Waals surface area contributed by atoms with Crippen molar-refractivity contribution in [2.24, 2.45) is 0 Å². The van der Waals surface area contributed by atoms with Crippen LogP contribution in [-0.4, -0.2) is 18.0 Å². The van der Waals surface area contributed by atoms with Crippen LogP contribution in [0.25, 0.3) is 10.6 Å². The number of amides is 1. The summed E-state index contributed by atoms with van der Waals surface area (Å²) >= 11 is 7.46. The van der Waals surface area contributed by atoms with Gasteiger partial charge in [0, 0.05) is 16.6 Å². The van der Waals surface area contributed by atoms with Gasteiger partial charge in [0.1, 0.15) is 16.8 Å². The molecule has 130 valence electrons. The molecule has 0 aliphatic heterocycles. The van der Waals surface area contributed by atoms with Gasteiger partial charge in [-0.1, -0.05) is 11.6 Å². The van der Waals surface area contributed by atoms with E-state index in [0.717, 1.165) is 16.3 Å². The second-order valence-electron chi connectivity index (χ2n) is 5.40. The molecule has 0 aliphatic carbocycles. The number of thiazole rings is 1. The third kappa shape index (κ3) is 4.20. The van der Waals surface area contributed by atoms with Crippen molar-refractivity contribution in [3.8, 4) is 22.4 Å². The minimum atomic E-state index is -0.197. The van der Waals surface area contributed by atoms with Crippen LogP contribution in [0.5, 0.6) is 5.75 Å². The van der Waals surface area contributed by atoms with E-state index in [1.54, 1.807) is 25.3 Å². The Bertz CT molecular complexity index is 977. The van der Waals surface area contributed by atoms with Crippen LogP contribution in [0, 0.1) is 11.3 Å². The number of hydrogen-bond donors (Lipinski definition) is 1. The van der Waals surface area contributed by atoms with E-state index < -0.39 is 0 Å². The van der Waals surface area contributed by atoms with Gasteiger partial charge in [0.2, 0.25) is 5.91 Å². The average Bonchev–Trinajstić information content (AvgIpc) is 3.10. The lowest BCUT2D eigenvalue weighted by Crippen LogP contribution is -2.14. The molecule has 0 radical (unpaired) electrons. The zero-order valence-electron chi connectivity index (χ0n) is 13.8. The van der Waals surface area contributed by atoms with Crippen LogP contribution in [0.1, 0.15) is 11.3 Å². The number of halogens is 1. The summed E-state index contributed by atoms with van der Waals surface area (Å²) < 4.78 is 5.15. The average molecular weight is 384 g/mol. The molecule has 0 saturated carbocycles. The summed E-state index contributed by atoms with van der Waals surface area (Å²) in [5, 5.41) is 14.7. The van der Waals surface area contributed by atoms with E-state index in [1.807, 2.05) is 35.7 Å². The molecule has 2 aromatic carbocycles. The van der Waals surface area contributed by atoms with Gasteiger partial charge in [0.25, 0.3) is 0 Å². The molecule has 1 heterocycles. The summed E-state index contributed by atoms with van der Waals surface area (Å²) in [6.45, 7) is 0. The first-order valence-electron chi connectivity index (χ1n) is 7.67. The monoisotopic (exact) mass is 383 g/mol. The molecule has 1 aromatic heterocycles. The van der Waals surface area contributed by atoms with Gasteiger partial charge in [0.05, 0.1) is 29.8 Å². The zero-order chi connectivity index (χ0) is 18.5. The van der Waals surface area contributed by atoms with Crippen LogP contribution in [0.15, 0.2) is 47.8 Å². The van der Waals surface area contributed by atoms with Crippen molar-refractivity contribution in [3.63, 3.8) is 0 Å². The van der Waals surface area contributed by atoms with Gasteiger partial charge in [-0.05, 0) is 42.5 Å². The molecule has 0 unspecified atom stereocenters. The number of nitrogens with one attached hydrogen (secondary N) is 1. The molecule has 1 N–H and O–H groups in total. The molecular weight excluding hydrogens is 370 g/mol. The molecule has 0 atom stereocenters. The Morgan fingerprint density at radius 1 is 1.31 bits per heavy atom. The number of nitrogens with zero attached hydrogens (tertiary/aromatic N) is 2. The lowest BCUT2D eigenvalue weighted by molar-refractivity contribution is -0.115. The van der Waals surface area contributed by atoms with Crippen molar-refractivity contribution in [3.05, 3.63) is 64.1 Å². The standard InChI is InChI=1S/C19H14ClN3O2S/c1-25-16-6-3-12(4-7-16)19-23-15(11-26-19)9-18(24)22-14-5-2-13(10-21)17(20)8-14/h2-8,11H,9H2,1H3,(H,22,24). The van der Waals surface area contributed by atoms with Crippen molar-refractivity contribution < 1.29 is 9.53 Å². The molecule has 3 rings (SSSR count). The first-order valence-corrected chi connectivity index (χ1v) is 8.93. The normalized spacial score (nSPS) is 10.2. The van der Waals surface area contributed by atoms with Crippen LogP contribution in [0.4, 0.5) is 5.69 Å². The lowest BCUT2D eigenvalue weighted by Gasteiger charge is -2.05. The smallest absolute Gasteiger partial charge is 0.230 e. The van der Waals surface area contributed by atoms with Gasteiger partial charge in [0.15, 0.2) is 0 Å². The molecular formula is C19H14ClN3O2S. The number of benzene rings is 2. The van der Waals surface area contributed by atoms with Crippen LogP contribution < -0.4 is 10.1 Å². The van der Waals surface area contributed by atoms with Gasteiger partial charge in [-0.15, -0.1) is 11.3 Å². The van der Waals surface area contributed by atoms with E-state index in [9.17, 15) is 4.79 Å². The first kappa shape index (κ1) is 17.9. The van der Waals surface area contributed by atoms with Gasteiger partial charge < -0.3 is 10.1 Å². The highest BCUT2D eigenvalue weighted by Crippen LogP contribution is 2.26. The molecule has 7 heteroatoms. The van der Waals surface area contributed by atoms with Crippen molar-refractivity contribution in [2.45, 2.75) is 6.42 Å². The molecule has 0 aliphatic rings. The van der Waals surface area contributed by atoms with Gasteiger partial charge >= 0.3 is 0 Å². The summed E-state index contributed by atoms with van der Waals surface area (Å²) in [7, 11) is 1.62. The molecule has 0 saturated heterocycles. The largest absolute Gasteiger partial charge is 0.497 e. The number of carbonyl (C=O) groups excluding carboxylic acids is 1. The third-order valence-corrected chi connectivity index (χ3v) is 4.86. The summed E-state index contributed by atoms with van der Waals surface area (Å²) in [5.41, 5.74) is 2.58. The summed E-state index contributed by atoms with van der Waals surface area (Å²) in [6, 6.07) is 14.4. The number of methoxy groups -OCH3 is 1. The zero-order valence-corrected chi connectivity index (χ0v) is 15.4. The maximum atomic E-state index is 12.2. The highest BCUT2D eigenvalue weighted by Gasteiger charge is 2.10. The Balaban J connectivity index is 1.65. The summed E-state index contributed by atoms with van der Waals surface area (Å²) in [4.78, 5) is 16.7. The molecule has 26 heavy (non-hydrogen) atoms. The predicted octanol–water partition coefficient (Wildman–Crippen LogP) is 4.52. The number of carbonyl (C=O) groups is 1. The number of hydrogen-bond acceptors (Lipinski definition) is 5. The van der Waals surface area contributed by atoms with E-state index in [4.69, 9.17) is 21.6 Å². The quantitative estimate of drug-likeness (QED) is 0.702. The fourth-order valence-corrected chi connectivity index (χ4v) is 3.36. The first-order chi connectivity index (χ1) is 12.6. The van der Waals surface area contributed by atoms with E-state index in [1.165, 1.54) is 11.3 Å². The van der Waals surface area contributed by atoms with Crippen LogP contribution in [-0.2, 0) is 11.2 Å². The molecule has 1 amide bonds. The number of aromatic nitrogens is 1. The number of ether oxygens (including phenoxy) is 1. The van der Waals surface area contributed by atoms with E-state index in [0.29, 0.717) is 22.0 Å². The Labute approximate surface area is 159 Å². The van der Waals surface area contributed by atoms with Gasteiger partial charge in [-0.3, -0.25) is 4.79 Å². The number of nitriles is 1. The number of anilines is 1. The van der Waals surface area contributed by atoms with Crippen molar-refractivity contribution >= 4 is 34.5 Å². The minimum Gasteiger partial charge on any atom is -0.497 e. The molecule has 0 fully saturated rings. The molecule has 0 spiro atoms. The van der Waals surface area contributed by atoms with Gasteiger partial charge in [-0.2, -0.15) is 5.26 Å². The SMILES string of the molecule is COc1ccc(-c2nc(CC(=O)Nc3ccc(C#N)c(Cl)c3)cs2)cc1. The maximum Gasteiger partial charge on any atom is 0.230 e. The van der Waals surface area contributed by atoms with Crippen molar-refractivity contribution in [2.75, 3.05) is 12.4 Å².